The largest absolute Gasteiger partial charge is 0.304 e. The van der Waals surface area contributed by atoms with Gasteiger partial charge in [-0.2, -0.15) is 0 Å². The summed E-state index contributed by atoms with van der Waals surface area (Å²) < 4.78 is 0. The Bertz CT molecular complexity index is 102. The summed E-state index contributed by atoms with van der Waals surface area (Å²) >= 11 is 0. The lowest BCUT2D eigenvalue weighted by atomic mass is 9.79. The Kier molecular flexibility index (Phi) is 2.14. The Balaban J connectivity index is 1.94. The van der Waals surface area contributed by atoms with Gasteiger partial charge in [-0.1, -0.05) is 19.3 Å². The van der Waals surface area contributed by atoms with E-state index in [-0.39, 0.29) is 0 Å². The van der Waals surface area contributed by atoms with Gasteiger partial charge in [0.1, 0.15) is 0 Å². The monoisotopic (exact) mass is 154 g/mol. The number of nitrogens with one attached hydrogen (secondary N) is 2. The Morgan fingerprint density at radius 3 is 2.36 bits per heavy atom. The molecule has 2 heteroatoms. The zero-order valence-electron chi connectivity index (χ0n) is 7.16. The predicted octanol–water partition coefficient (Wildman–Crippen LogP) is 1.23. The molecule has 2 fully saturated rings. The van der Waals surface area contributed by atoms with Crippen molar-refractivity contribution >= 4 is 0 Å². The predicted molar refractivity (Wildman–Crippen MR) is 46.4 cm³/mol. The topological polar surface area (TPSA) is 24.1 Å². The van der Waals surface area contributed by atoms with Crippen molar-refractivity contribution in [3.05, 3.63) is 0 Å². The molecule has 0 aromatic carbocycles. The molecule has 0 unspecified atom stereocenters. The van der Waals surface area contributed by atoms with Crippen LogP contribution in [0.2, 0.25) is 0 Å². The number of hydrogen-bond acceptors (Lipinski definition) is 2. The Labute approximate surface area is 68.7 Å². The molecule has 2 aliphatic rings. The summed E-state index contributed by atoms with van der Waals surface area (Å²) in [6.07, 6.45) is 8.49. The molecule has 11 heavy (non-hydrogen) atoms. The van der Waals surface area contributed by atoms with Gasteiger partial charge in [0, 0.05) is 12.2 Å². The van der Waals surface area contributed by atoms with E-state index >= 15 is 0 Å². The van der Waals surface area contributed by atoms with Crippen LogP contribution in [0.15, 0.2) is 0 Å². The fraction of sp³-hybridized carbons (Fsp3) is 1.00. The van der Waals surface area contributed by atoms with Gasteiger partial charge in [-0.05, 0) is 25.8 Å². The average Bonchev–Trinajstić information content (AvgIpc) is 2.07. The maximum absolute atomic E-state index is 3.62. The molecule has 2 nitrogen and oxygen atoms in total. The molecule has 0 aromatic rings. The van der Waals surface area contributed by atoms with Crippen molar-refractivity contribution in [1.29, 1.82) is 0 Å². The normalized spacial score (nSPS) is 30.5. The summed E-state index contributed by atoms with van der Waals surface area (Å²) in [7, 11) is 0. The third-order valence-corrected chi connectivity index (χ3v) is 3.18. The number of hydrogen-bond donors (Lipinski definition) is 2. The quantitative estimate of drug-likeness (QED) is 0.548. The second-order valence-corrected chi connectivity index (χ2v) is 3.94. The van der Waals surface area contributed by atoms with Crippen molar-refractivity contribution in [3.63, 3.8) is 0 Å². The van der Waals surface area contributed by atoms with Crippen LogP contribution in [-0.2, 0) is 0 Å². The molecule has 64 valence electrons. The van der Waals surface area contributed by atoms with Crippen LogP contribution in [0.5, 0.6) is 0 Å². The van der Waals surface area contributed by atoms with Crippen LogP contribution in [0, 0.1) is 0 Å². The lowest BCUT2D eigenvalue weighted by molar-refractivity contribution is 0.182. The Morgan fingerprint density at radius 2 is 1.73 bits per heavy atom. The van der Waals surface area contributed by atoms with E-state index in [0.717, 1.165) is 6.67 Å². The third kappa shape index (κ3) is 1.57. The van der Waals surface area contributed by atoms with Gasteiger partial charge in [0.25, 0.3) is 0 Å². The standard InChI is InChI=1S/C9H18N2/c1-2-4-9(5-3-1)6-7-10-8-11-9/h10-11H,1-8H2. The summed E-state index contributed by atoms with van der Waals surface area (Å²) in [6.45, 7) is 2.24. The van der Waals surface area contributed by atoms with E-state index in [1.54, 1.807) is 0 Å². The molecule has 1 aliphatic heterocycles. The number of rotatable bonds is 0. The minimum Gasteiger partial charge on any atom is -0.304 e. The first-order chi connectivity index (χ1) is 5.41. The lowest BCUT2D eigenvalue weighted by Gasteiger charge is -2.41. The van der Waals surface area contributed by atoms with Gasteiger partial charge in [0.15, 0.2) is 0 Å². The lowest BCUT2D eigenvalue weighted by Crippen LogP contribution is -2.56. The molecule has 1 aliphatic carbocycles. The fourth-order valence-corrected chi connectivity index (χ4v) is 2.41. The van der Waals surface area contributed by atoms with E-state index in [9.17, 15) is 0 Å². The highest BCUT2D eigenvalue weighted by Crippen LogP contribution is 2.31. The van der Waals surface area contributed by atoms with E-state index in [0.29, 0.717) is 5.54 Å². The molecule has 0 radical (unpaired) electrons. The summed E-state index contributed by atoms with van der Waals surface area (Å²) in [5.74, 6) is 0. The van der Waals surface area contributed by atoms with E-state index in [1.165, 1.54) is 45.1 Å². The highest BCUT2D eigenvalue weighted by Gasteiger charge is 2.32. The zero-order chi connectivity index (χ0) is 7.57. The van der Waals surface area contributed by atoms with Crippen LogP contribution in [0.1, 0.15) is 38.5 Å². The maximum Gasteiger partial charge on any atom is 0.0458 e. The molecule has 1 heterocycles. The van der Waals surface area contributed by atoms with Crippen molar-refractivity contribution in [1.82, 2.24) is 10.6 Å². The van der Waals surface area contributed by atoms with Crippen molar-refractivity contribution in [2.45, 2.75) is 44.1 Å². The molecule has 1 spiro atoms. The van der Waals surface area contributed by atoms with Gasteiger partial charge in [-0.15, -0.1) is 0 Å². The SMILES string of the molecule is C1CCC2(CC1)CCNCN2. The highest BCUT2D eigenvalue weighted by molar-refractivity contribution is 4.92. The van der Waals surface area contributed by atoms with E-state index < -0.39 is 0 Å². The molecule has 1 saturated carbocycles. The van der Waals surface area contributed by atoms with Crippen molar-refractivity contribution in [2.75, 3.05) is 13.2 Å². The first-order valence-corrected chi connectivity index (χ1v) is 4.87. The Hall–Kier alpha value is -0.0800. The first-order valence-electron chi connectivity index (χ1n) is 4.87. The van der Waals surface area contributed by atoms with E-state index in [4.69, 9.17) is 0 Å². The summed E-state index contributed by atoms with van der Waals surface area (Å²) in [5, 5.41) is 6.97. The smallest absolute Gasteiger partial charge is 0.0458 e. The minimum absolute atomic E-state index is 0.545. The van der Waals surface area contributed by atoms with Gasteiger partial charge in [-0.25, -0.2) is 0 Å². The third-order valence-electron chi connectivity index (χ3n) is 3.18. The van der Waals surface area contributed by atoms with Gasteiger partial charge in [0.2, 0.25) is 0 Å². The molecule has 0 atom stereocenters. The molecular weight excluding hydrogens is 136 g/mol. The second-order valence-electron chi connectivity index (χ2n) is 3.94. The van der Waals surface area contributed by atoms with Crippen molar-refractivity contribution in [3.8, 4) is 0 Å². The van der Waals surface area contributed by atoms with Gasteiger partial charge in [-0.3, -0.25) is 5.32 Å². The van der Waals surface area contributed by atoms with E-state index in [1.807, 2.05) is 0 Å². The molecule has 0 aromatic heterocycles. The summed E-state index contributed by atoms with van der Waals surface area (Å²) in [5.41, 5.74) is 0.545. The van der Waals surface area contributed by atoms with Crippen LogP contribution in [-0.4, -0.2) is 18.8 Å². The van der Waals surface area contributed by atoms with E-state index in [2.05, 4.69) is 10.6 Å². The molecule has 2 rings (SSSR count). The summed E-state index contributed by atoms with van der Waals surface area (Å²) in [6, 6.07) is 0. The van der Waals surface area contributed by atoms with Crippen LogP contribution >= 0.6 is 0 Å². The molecule has 0 amide bonds. The second kappa shape index (κ2) is 3.11. The first kappa shape index (κ1) is 7.56. The van der Waals surface area contributed by atoms with Gasteiger partial charge in [0.05, 0.1) is 0 Å². The Morgan fingerprint density at radius 1 is 0.909 bits per heavy atom. The average molecular weight is 154 g/mol. The van der Waals surface area contributed by atoms with Crippen molar-refractivity contribution < 1.29 is 0 Å². The van der Waals surface area contributed by atoms with Crippen LogP contribution in [0.3, 0.4) is 0 Å². The van der Waals surface area contributed by atoms with Gasteiger partial charge < -0.3 is 5.32 Å². The molecule has 1 saturated heterocycles. The summed E-state index contributed by atoms with van der Waals surface area (Å²) in [4.78, 5) is 0. The molecular formula is C9H18N2. The van der Waals surface area contributed by atoms with Crippen LogP contribution in [0.25, 0.3) is 0 Å². The molecule has 0 bridgehead atoms. The maximum atomic E-state index is 3.62. The van der Waals surface area contributed by atoms with Crippen LogP contribution < -0.4 is 10.6 Å². The minimum atomic E-state index is 0.545. The molecule has 2 N–H and O–H groups in total. The fourth-order valence-electron chi connectivity index (χ4n) is 2.41. The van der Waals surface area contributed by atoms with Gasteiger partial charge >= 0.3 is 0 Å². The zero-order valence-corrected chi connectivity index (χ0v) is 7.16. The van der Waals surface area contributed by atoms with Crippen LogP contribution in [0.4, 0.5) is 0 Å². The van der Waals surface area contributed by atoms with Crippen molar-refractivity contribution in [2.24, 2.45) is 0 Å². The highest BCUT2D eigenvalue weighted by atomic mass is 15.1.